The fraction of sp³-hybridized carbons (Fsp3) is 0.778. The van der Waals surface area contributed by atoms with Crippen LogP contribution in [0.1, 0.15) is 31.5 Å². The molecule has 1 aromatic heterocycles. The van der Waals surface area contributed by atoms with E-state index < -0.39 is 0 Å². The van der Waals surface area contributed by atoms with Crippen LogP contribution in [-0.2, 0) is 11.8 Å². The van der Waals surface area contributed by atoms with Gasteiger partial charge in [0.25, 0.3) is 0 Å². The van der Waals surface area contributed by atoms with Crippen molar-refractivity contribution in [2.24, 2.45) is 12.9 Å². The van der Waals surface area contributed by atoms with Crippen LogP contribution >= 0.6 is 15.9 Å². The van der Waals surface area contributed by atoms with Gasteiger partial charge in [-0.2, -0.15) is 0 Å². The Morgan fingerprint density at radius 2 is 2.31 bits per heavy atom. The Morgan fingerprint density at radius 3 is 2.81 bits per heavy atom. The van der Waals surface area contributed by atoms with Gasteiger partial charge >= 0.3 is 0 Å². The topological polar surface area (TPSA) is 78.0 Å². The molecule has 0 fully saturated rings. The molecule has 0 amide bonds. The highest BCUT2D eigenvalue weighted by Gasteiger charge is 2.18. The lowest BCUT2D eigenvalue weighted by Crippen LogP contribution is -2.30. The van der Waals surface area contributed by atoms with E-state index in [1.165, 1.54) is 0 Å². The maximum Gasteiger partial charge on any atom is 0.153 e. The molecule has 0 aliphatic carbocycles. The van der Waals surface area contributed by atoms with Crippen molar-refractivity contribution in [2.45, 2.75) is 25.8 Å². The monoisotopic (exact) mass is 291 g/mol. The highest BCUT2D eigenvalue weighted by molar-refractivity contribution is 9.10. The standard InChI is InChI=1S/C9H18BrN5O/c1-3-5-16-6-4-7(12-11)8-9(10)13-14-15(8)2/h7,12H,3-6,11H2,1-2H3. The summed E-state index contributed by atoms with van der Waals surface area (Å²) in [4.78, 5) is 0. The Labute approximate surface area is 104 Å². The summed E-state index contributed by atoms with van der Waals surface area (Å²) in [7, 11) is 1.84. The van der Waals surface area contributed by atoms with Crippen LogP contribution in [0.2, 0.25) is 0 Å². The molecule has 6 nitrogen and oxygen atoms in total. The molecule has 3 N–H and O–H groups in total. The number of hydrogen-bond donors (Lipinski definition) is 2. The summed E-state index contributed by atoms with van der Waals surface area (Å²) in [5.41, 5.74) is 3.69. The van der Waals surface area contributed by atoms with Gasteiger partial charge in [-0.3, -0.25) is 11.3 Å². The van der Waals surface area contributed by atoms with Crippen molar-refractivity contribution in [1.82, 2.24) is 20.4 Å². The normalized spacial score (nSPS) is 13.0. The van der Waals surface area contributed by atoms with Gasteiger partial charge in [-0.05, 0) is 28.8 Å². The van der Waals surface area contributed by atoms with Crippen LogP contribution in [0.5, 0.6) is 0 Å². The Hall–Kier alpha value is -0.500. The van der Waals surface area contributed by atoms with Gasteiger partial charge in [-0.25, -0.2) is 4.68 Å². The van der Waals surface area contributed by atoms with Gasteiger partial charge in [-0.15, -0.1) is 5.10 Å². The number of nitrogens with one attached hydrogen (secondary N) is 1. The van der Waals surface area contributed by atoms with E-state index >= 15 is 0 Å². The third-order valence-corrected chi connectivity index (χ3v) is 2.82. The maximum atomic E-state index is 5.52. The number of nitrogens with two attached hydrogens (primary N) is 1. The summed E-state index contributed by atoms with van der Waals surface area (Å²) in [6, 6.07) is -0.00812. The summed E-state index contributed by atoms with van der Waals surface area (Å²) >= 11 is 3.35. The lowest BCUT2D eigenvalue weighted by Gasteiger charge is -2.15. The zero-order valence-corrected chi connectivity index (χ0v) is 11.2. The average molecular weight is 292 g/mol. The Balaban J connectivity index is 2.54. The molecular formula is C9H18BrN5O. The average Bonchev–Trinajstić information content (AvgIpc) is 2.60. The van der Waals surface area contributed by atoms with E-state index in [1.807, 2.05) is 7.05 Å². The number of aromatic nitrogens is 3. The smallest absolute Gasteiger partial charge is 0.153 e. The molecule has 0 saturated carbocycles. The first-order valence-electron chi connectivity index (χ1n) is 5.29. The van der Waals surface area contributed by atoms with Gasteiger partial charge in [0.15, 0.2) is 4.60 Å². The lowest BCUT2D eigenvalue weighted by atomic mass is 10.1. The molecule has 0 saturated heterocycles. The van der Waals surface area contributed by atoms with Gasteiger partial charge < -0.3 is 4.74 Å². The molecule has 1 heterocycles. The third-order valence-electron chi connectivity index (χ3n) is 2.26. The van der Waals surface area contributed by atoms with Crippen molar-refractivity contribution in [2.75, 3.05) is 13.2 Å². The quantitative estimate of drug-likeness (QED) is 0.443. The molecule has 0 spiro atoms. The van der Waals surface area contributed by atoms with Crippen LogP contribution in [0.15, 0.2) is 4.60 Å². The number of hydrogen-bond acceptors (Lipinski definition) is 5. The predicted octanol–water partition coefficient (Wildman–Crippen LogP) is 0.899. The number of hydrazine groups is 1. The fourth-order valence-corrected chi connectivity index (χ4v) is 2.06. The van der Waals surface area contributed by atoms with E-state index in [0.717, 1.165) is 25.1 Å². The largest absolute Gasteiger partial charge is 0.381 e. The Morgan fingerprint density at radius 1 is 1.56 bits per heavy atom. The highest BCUT2D eigenvalue weighted by Crippen LogP contribution is 2.22. The van der Waals surface area contributed by atoms with Crippen LogP contribution in [0.4, 0.5) is 0 Å². The second kappa shape index (κ2) is 6.95. The molecule has 0 aliphatic heterocycles. The van der Waals surface area contributed by atoms with Crippen LogP contribution in [0, 0.1) is 0 Å². The van der Waals surface area contributed by atoms with Crippen LogP contribution < -0.4 is 11.3 Å². The zero-order valence-electron chi connectivity index (χ0n) is 9.61. The fourth-order valence-electron chi connectivity index (χ4n) is 1.46. The minimum absolute atomic E-state index is 0.00812. The molecule has 0 bridgehead atoms. The summed E-state index contributed by atoms with van der Waals surface area (Å²) in [6.07, 6.45) is 1.81. The van der Waals surface area contributed by atoms with Crippen molar-refractivity contribution >= 4 is 15.9 Å². The SMILES string of the molecule is CCCOCCC(NN)c1c(Br)nnn1C. The van der Waals surface area contributed by atoms with Crippen molar-refractivity contribution in [1.29, 1.82) is 0 Å². The van der Waals surface area contributed by atoms with Crippen molar-refractivity contribution in [3.8, 4) is 0 Å². The second-order valence-corrected chi connectivity index (χ2v) is 4.26. The van der Waals surface area contributed by atoms with Crippen LogP contribution in [-0.4, -0.2) is 28.2 Å². The first-order valence-corrected chi connectivity index (χ1v) is 6.09. The first kappa shape index (κ1) is 13.6. The molecule has 1 rings (SSSR count). The highest BCUT2D eigenvalue weighted by atomic mass is 79.9. The Kier molecular flexibility index (Phi) is 5.89. The van der Waals surface area contributed by atoms with E-state index in [0.29, 0.717) is 11.2 Å². The minimum atomic E-state index is -0.00812. The molecule has 1 unspecified atom stereocenters. The lowest BCUT2D eigenvalue weighted by molar-refractivity contribution is 0.124. The van der Waals surface area contributed by atoms with E-state index in [1.54, 1.807) is 4.68 Å². The van der Waals surface area contributed by atoms with Crippen LogP contribution in [0.25, 0.3) is 0 Å². The van der Waals surface area contributed by atoms with Crippen molar-refractivity contribution in [3.63, 3.8) is 0 Å². The number of nitrogens with zero attached hydrogens (tertiary/aromatic N) is 3. The molecule has 1 atom stereocenters. The number of halogens is 1. The van der Waals surface area contributed by atoms with Gasteiger partial charge in [0.2, 0.25) is 0 Å². The predicted molar refractivity (Wildman–Crippen MR) is 64.5 cm³/mol. The molecule has 16 heavy (non-hydrogen) atoms. The summed E-state index contributed by atoms with van der Waals surface area (Å²) < 4.78 is 7.85. The number of aryl methyl sites for hydroxylation is 1. The van der Waals surface area contributed by atoms with Gasteiger partial charge in [0.1, 0.15) is 0 Å². The van der Waals surface area contributed by atoms with Gasteiger partial charge in [0, 0.05) is 20.3 Å². The summed E-state index contributed by atoms with van der Waals surface area (Å²) in [5.74, 6) is 5.52. The number of rotatable bonds is 7. The molecule has 1 aromatic rings. The van der Waals surface area contributed by atoms with Gasteiger partial charge in [0.05, 0.1) is 11.7 Å². The van der Waals surface area contributed by atoms with Crippen LogP contribution in [0.3, 0.4) is 0 Å². The van der Waals surface area contributed by atoms with E-state index in [2.05, 4.69) is 38.6 Å². The second-order valence-electron chi connectivity index (χ2n) is 3.51. The van der Waals surface area contributed by atoms with Gasteiger partial charge in [-0.1, -0.05) is 12.1 Å². The molecular weight excluding hydrogens is 274 g/mol. The third kappa shape index (κ3) is 3.51. The van der Waals surface area contributed by atoms with Crippen molar-refractivity contribution < 1.29 is 4.74 Å². The molecule has 7 heteroatoms. The number of ether oxygens (including phenoxy) is 1. The summed E-state index contributed by atoms with van der Waals surface area (Å²) in [5, 5.41) is 7.84. The Bertz CT molecular complexity index is 297. The van der Waals surface area contributed by atoms with E-state index in [-0.39, 0.29) is 6.04 Å². The van der Waals surface area contributed by atoms with Crippen molar-refractivity contribution in [3.05, 3.63) is 10.3 Å². The molecule has 92 valence electrons. The maximum absolute atomic E-state index is 5.52. The van der Waals surface area contributed by atoms with E-state index in [4.69, 9.17) is 10.6 Å². The zero-order chi connectivity index (χ0) is 12.0. The molecule has 0 aliphatic rings. The van der Waals surface area contributed by atoms with E-state index in [9.17, 15) is 0 Å². The molecule has 0 aromatic carbocycles. The minimum Gasteiger partial charge on any atom is -0.381 e. The summed E-state index contributed by atoms with van der Waals surface area (Å²) in [6.45, 7) is 3.53. The molecule has 0 radical (unpaired) electrons. The first-order chi connectivity index (χ1) is 7.70.